The Kier molecular flexibility index (Phi) is 4.50. The summed E-state index contributed by atoms with van der Waals surface area (Å²) < 4.78 is 18.2. The third-order valence-corrected chi connectivity index (χ3v) is 3.90. The quantitative estimate of drug-likeness (QED) is 0.869. The largest absolute Gasteiger partial charge is 0.484 e. The highest BCUT2D eigenvalue weighted by atomic mass is 19.1. The van der Waals surface area contributed by atoms with E-state index in [1.165, 1.54) is 24.3 Å². The highest BCUT2D eigenvalue weighted by Crippen LogP contribution is 2.24. The minimum atomic E-state index is -0.329. The van der Waals surface area contributed by atoms with Crippen molar-refractivity contribution in [2.75, 3.05) is 19.7 Å². The number of benzene rings is 1. The van der Waals surface area contributed by atoms with Crippen molar-refractivity contribution in [1.29, 1.82) is 0 Å². The topological polar surface area (TPSA) is 55.3 Å². The zero-order chi connectivity index (χ0) is 16.2. The van der Waals surface area contributed by atoms with Crippen molar-refractivity contribution in [1.82, 2.24) is 14.9 Å². The Balaban J connectivity index is 1.54. The summed E-state index contributed by atoms with van der Waals surface area (Å²) in [6, 6.07) is 7.49. The van der Waals surface area contributed by atoms with Crippen LogP contribution < -0.4 is 4.74 Å². The van der Waals surface area contributed by atoms with Crippen LogP contribution in [0, 0.1) is 12.7 Å². The highest BCUT2D eigenvalue weighted by Gasteiger charge is 2.29. The van der Waals surface area contributed by atoms with Gasteiger partial charge in [0.15, 0.2) is 6.61 Å². The van der Waals surface area contributed by atoms with Crippen molar-refractivity contribution in [3.05, 3.63) is 53.9 Å². The summed E-state index contributed by atoms with van der Waals surface area (Å²) in [6.07, 6.45) is 2.60. The maximum absolute atomic E-state index is 12.8. The number of carbonyl (C=O) groups excluding carboxylic acids is 1. The maximum atomic E-state index is 12.8. The van der Waals surface area contributed by atoms with Crippen LogP contribution in [-0.2, 0) is 4.79 Å². The monoisotopic (exact) mass is 315 g/mol. The molecule has 1 unspecified atom stereocenters. The number of amides is 1. The van der Waals surface area contributed by atoms with Crippen LogP contribution >= 0.6 is 0 Å². The molecule has 23 heavy (non-hydrogen) atoms. The van der Waals surface area contributed by atoms with E-state index in [9.17, 15) is 9.18 Å². The van der Waals surface area contributed by atoms with E-state index in [1.54, 1.807) is 11.1 Å². The molecule has 1 aromatic carbocycles. The molecule has 120 valence electrons. The molecule has 1 atom stereocenters. The summed E-state index contributed by atoms with van der Waals surface area (Å²) in [4.78, 5) is 22.7. The number of aryl methyl sites for hydroxylation is 1. The van der Waals surface area contributed by atoms with Gasteiger partial charge in [-0.15, -0.1) is 0 Å². The lowest BCUT2D eigenvalue weighted by atomic mass is 10.1. The van der Waals surface area contributed by atoms with Gasteiger partial charge in [0, 0.05) is 30.9 Å². The Labute approximate surface area is 134 Å². The van der Waals surface area contributed by atoms with E-state index < -0.39 is 0 Å². The van der Waals surface area contributed by atoms with Crippen LogP contribution in [0.5, 0.6) is 5.75 Å². The van der Waals surface area contributed by atoms with Crippen molar-refractivity contribution in [3.63, 3.8) is 0 Å². The summed E-state index contributed by atoms with van der Waals surface area (Å²) in [5.74, 6) is 1.04. The lowest BCUT2D eigenvalue weighted by molar-refractivity contribution is -0.132. The Morgan fingerprint density at radius 2 is 2.13 bits per heavy atom. The summed E-state index contributed by atoms with van der Waals surface area (Å²) in [5.41, 5.74) is 0.930. The van der Waals surface area contributed by atoms with E-state index in [-0.39, 0.29) is 24.2 Å². The number of carbonyl (C=O) groups is 1. The lowest BCUT2D eigenvalue weighted by Crippen LogP contribution is -2.33. The Morgan fingerprint density at radius 3 is 2.87 bits per heavy atom. The molecule has 6 heteroatoms. The fourth-order valence-corrected chi connectivity index (χ4v) is 2.63. The van der Waals surface area contributed by atoms with E-state index >= 15 is 0 Å². The minimum absolute atomic E-state index is 0.0486. The first-order valence-corrected chi connectivity index (χ1v) is 7.57. The lowest BCUT2D eigenvalue weighted by Gasteiger charge is -2.16. The second kappa shape index (κ2) is 6.73. The van der Waals surface area contributed by atoms with E-state index in [1.807, 2.05) is 13.0 Å². The second-order valence-corrected chi connectivity index (χ2v) is 5.62. The molecule has 0 aliphatic carbocycles. The number of likely N-dealkylation sites (tertiary alicyclic amines) is 1. The fraction of sp³-hybridized carbons (Fsp3) is 0.353. The molecule has 1 aromatic heterocycles. The second-order valence-electron chi connectivity index (χ2n) is 5.62. The molecule has 3 rings (SSSR count). The molecule has 1 fully saturated rings. The number of ether oxygens (including phenoxy) is 1. The van der Waals surface area contributed by atoms with Crippen LogP contribution in [0.1, 0.15) is 23.9 Å². The van der Waals surface area contributed by atoms with Gasteiger partial charge in [-0.05, 0) is 43.7 Å². The molecule has 0 radical (unpaired) electrons. The number of rotatable bonds is 4. The third-order valence-electron chi connectivity index (χ3n) is 3.90. The van der Waals surface area contributed by atoms with E-state index in [4.69, 9.17) is 4.74 Å². The molecular weight excluding hydrogens is 297 g/mol. The molecule has 0 N–H and O–H groups in total. The zero-order valence-corrected chi connectivity index (χ0v) is 12.9. The number of aromatic nitrogens is 2. The zero-order valence-electron chi connectivity index (χ0n) is 12.9. The smallest absolute Gasteiger partial charge is 0.260 e. The van der Waals surface area contributed by atoms with Crippen molar-refractivity contribution in [2.24, 2.45) is 0 Å². The Morgan fingerprint density at radius 1 is 1.35 bits per heavy atom. The normalized spacial score (nSPS) is 17.3. The number of halogens is 1. The van der Waals surface area contributed by atoms with Crippen molar-refractivity contribution >= 4 is 5.91 Å². The highest BCUT2D eigenvalue weighted by molar-refractivity contribution is 5.78. The van der Waals surface area contributed by atoms with Gasteiger partial charge in [0.2, 0.25) is 0 Å². The first-order valence-electron chi connectivity index (χ1n) is 7.57. The van der Waals surface area contributed by atoms with Crippen LogP contribution in [0.15, 0.2) is 36.5 Å². The number of hydrogen-bond donors (Lipinski definition) is 0. The van der Waals surface area contributed by atoms with Gasteiger partial charge < -0.3 is 9.64 Å². The number of nitrogens with zero attached hydrogens (tertiary/aromatic N) is 3. The van der Waals surface area contributed by atoms with E-state index in [0.717, 1.165) is 17.9 Å². The van der Waals surface area contributed by atoms with Gasteiger partial charge in [0.25, 0.3) is 5.91 Å². The van der Waals surface area contributed by atoms with Gasteiger partial charge in [0.1, 0.15) is 17.4 Å². The van der Waals surface area contributed by atoms with Crippen LogP contribution in [0.3, 0.4) is 0 Å². The Bertz CT molecular complexity index is 690. The average Bonchev–Trinajstić information content (AvgIpc) is 3.04. The predicted molar refractivity (Wildman–Crippen MR) is 82.6 cm³/mol. The molecule has 0 saturated carbocycles. The maximum Gasteiger partial charge on any atom is 0.260 e. The molecule has 5 nitrogen and oxygen atoms in total. The fourth-order valence-electron chi connectivity index (χ4n) is 2.63. The van der Waals surface area contributed by atoms with Crippen molar-refractivity contribution < 1.29 is 13.9 Å². The van der Waals surface area contributed by atoms with Gasteiger partial charge in [-0.3, -0.25) is 4.79 Å². The standard InChI is InChI=1S/C17H18FN3O2/c1-12-6-8-19-17(20-12)13-7-9-21(10-13)16(22)11-23-15-4-2-14(18)3-5-15/h2-6,8,13H,7,9-11H2,1H3. The summed E-state index contributed by atoms with van der Waals surface area (Å²) in [5, 5.41) is 0. The average molecular weight is 315 g/mol. The molecule has 1 aliphatic heterocycles. The van der Waals surface area contributed by atoms with Crippen LogP contribution in [0.25, 0.3) is 0 Å². The number of hydrogen-bond acceptors (Lipinski definition) is 4. The summed E-state index contributed by atoms with van der Waals surface area (Å²) in [6.45, 7) is 3.16. The van der Waals surface area contributed by atoms with Gasteiger partial charge in [0.05, 0.1) is 0 Å². The molecule has 1 saturated heterocycles. The summed E-state index contributed by atoms with van der Waals surface area (Å²) >= 11 is 0. The van der Waals surface area contributed by atoms with Gasteiger partial charge >= 0.3 is 0 Å². The predicted octanol–water partition coefficient (Wildman–Crippen LogP) is 2.32. The molecule has 0 bridgehead atoms. The van der Waals surface area contributed by atoms with Gasteiger partial charge in [-0.25, -0.2) is 14.4 Å². The van der Waals surface area contributed by atoms with Crippen molar-refractivity contribution in [3.8, 4) is 5.75 Å². The Hall–Kier alpha value is -2.50. The van der Waals surface area contributed by atoms with Crippen molar-refractivity contribution in [2.45, 2.75) is 19.3 Å². The minimum Gasteiger partial charge on any atom is -0.484 e. The van der Waals surface area contributed by atoms with E-state index in [2.05, 4.69) is 9.97 Å². The molecule has 2 heterocycles. The SMILES string of the molecule is Cc1ccnc(C2CCN(C(=O)COc3ccc(F)cc3)C2)n1. The first kappa shape index (κ1) is 15.4. The molecule has 1 amide bonds. The van der Waals surface area contributed by atoms with Crippen LogP contribution in [0.4, 0.5) is 4.39 Å². The third kappa shape index (κ3) is 3.83. The molecule has 1 aliphatic rings. The van der Waals surface area contributed by atoms with Crippen LogP contribution in [-0.4, -0.2) is 40.5 Å². The van der Waals surface area contributed by atoms with E-state index in [0.29, 0.717) is 18.8 Å². The molecule has 2 aromatic rings. The first-order chi connectivity index (χ1) is 11.1. The summed E-state index contributed by atoms with van der Waals surface area (Å²) in [7, 11) is 0. The van der Waals surface area contributed by atoms with Crippen LogP contribution in [0.2, 0.25) is 0 Å². The van der Waals surface area contributed by atoms with Gasteiger partial charge in [-0.2, -0.15) is 0 Å². The molecule has 0 spiro atoms. The molecular formula is C17H18FN3O2. The van der Waals surface area contributed by atoms with Gasteiger partial charge in [-0.1, -0.05) is 0 Å².